The largest absolute Gasteiger partial charge is 0.461 e. The van der Waals surface area contributed by atoms with E-state index in [4.69, 9.17) is 22.2 Å². The molecular weight excluding hydrogens is 292 g/mol. The zero-order valence-corrected chi connectivity index (χ0v) is 12.8. The highest BCUT2D eigenvalue weighted by atomic mass is 35.5. The molecule has 8 heteroatoms. The third-order valence-electron chi connectivity index (χ3n) is 2.51. The number of hydrogen-bond donors (Lipinski definition) is 3. The average Bonchev–Trinajstić information content (AvgIpc) is 2.42. The van der Waals surface area contributed by atoms with E-state index in [1.165, 1.54) is 0 Å². The van der Waals surface area contributed by atoms with Gasteiger partial charge in [-0.2, -0.15) is 15.0 Å². The molecule has 0 bridgehead atoms. The summed E-state index contributed by atoms with van der Waals surface area (Å²) in [6, 6.07) is 5.76. The van der Waals surface area contributed by atoms with Crippen LogP contribution in [0.1, 0.15) is 19.4 Å². The van der Waals surface area contributed by atoms with Gasteiger partial charge in [-0.05, 0) is 38.5 Å². The van der Waals surface area contributed by atoms with Gasteiger partial charge >= 0.3 is 6.01 Å². The highest BCUT2D eigenvalue weighted by Crippen LogP contribution is 2.22. The van der Waals surface area contributed by atoms with Crippen molar-refractivity contribution in [1.82, 2.24) is 15.0 Å². The van der Waals surface area contributed by atoms with E-state index in [1.807, 2.05) is 32.9 Å². The Morgan fingerprint density at radius 3 is 2.52 bits per heavy atom. The van der Waals surface area contributed by atoms with E-state index in [-0.39, 0.29) is 18.1 Å². The van der Waals surface area contributed by atoms with E-state index in [9.17, 15) is 0 Å². The SMILES string of the molecule is Cc1ccc(Nc2nc(NN)nc(OC(C)C)n2)cc1Cl. The number of benzene rings is 1. The van der Waals surface area contributed by atoms with Gasteiger partial charge in [-0.1, -0.05) is 17.7 Å². The topological polar surface area (TPSA) is 98.0 Å². The molecule has 0 aliphatic rings. The van der Waals surface area contributed by atoms with Gasteiger partial charge in [-0.15, -0.1) is 0 Å². The van der Waals surface area contributed by atoms with Crippen LogP contribution in [-0.4, -0.2) is 21.1 Å². The number of aryl methyl sites for hydroxylation is 1. The smallest absolute Gasteiger partial charge is 0.323 e. The van der Waals surface area contributed by atoms with Crippen molar-refractivity contribution in [2.75, 3.05) is 10.7 Å². The minimum absolute atomic E-state index is 0.0558. The molecule has 2 aromatic rings. The first-order valence-corrected chi connectivity index (χ1v) is 6.78. The lowest BCUT2D eigenvalue weighted by atomic mass is 10.2. The summed E-state index contributed by atoms with van der Waals surface area (Å²) in [4.78, 5) is 12.3. The van der Waals surface area contributed by atoms with Gasteiger partial charge in [0.2, 0.25) is 11.9 Å². The Bertz CT molecular complexity index is 634. The molecule has 7 nitrogen and oxygen atoms in total. The molecule has 1 heterocycles. The Morgan fingerprint density at radius 2 is 1.90 bits per heavy atom. The molecule has 0 aliphatic carbocycles. The van der Waals surface area contributed by atoms with Crippen LogP contribution in [-0.2, 0) is 0 Å². The van der Waals surface area contributed by atoms with Crippen molar-refractivity contribution in [2.24, 2.45) is 5.84 Å². The summed E-state index contributed by atoms with van der Waals surface area (Å²) in [6.45, 7) is 5.69. The highest BCUT2D eigenvalue weighted by Gasteiger charge is 2.09. The maximum atomic E-state index is 6.09. The molecule has 1 aromatic carbocycles. The van der Waals surface area contributed by atoms with Crippen LogP contribution in [0.15, 0.2) is 18.2 Å². The van der Waals surface area contributed by atoms with Gasteiger partial charge in [0, 0.05) is 10.7 Å². The third kappa shape index (κ3) is 4.17. The zero-order valence-electron chi connectivity index (χ0n) is 12.0. The van der Waals surface area contributed by atoms with Crippen LogP contribution in [0, 0.1) is 6.92 Å². The van der Waals surface area contributed by atoms with E-state index >= 15 is 0 Å². The van der Waals surface area contributed by atoms with Crippen LogP contribution in [0.3, 0.4) is 0 Å². The summed E-state index contributed by atoms with van der Waals surface area (Å²) < 4.78 is 5.45. The molecule has 0 saturated carbocycles. The van der Waals surface area contributed by atoms with Crippen LogP contribution in [0.25, 0.3) is 0 Å². The third-order valence-corrected chi connectivity index (χ3v) is 2.92. The molecule has 0 unspecified atom stereocenters. The normalized spacial score (nSPS) is 10.6. The minimum Gasteiger partial charge on any atom is -0.461 e. The fraction of sp³-hybridized carbons (Fsp3) is 0.308. The number of hydrazine groups is 1. The monoisotopic (exact) mass is 308 g/mol. The molecule has 21 heavy (non-hydrogen) atoms. The molecule has 0 saturated heterocycles. The summed E-state index contributed by atoms with van der Waals surface area (Å²) in [5, 5.41) is 3.70. The molecule has 112 valence electrons. The Hall–Kier alpha value is -2.12. The van der Waals surface area contributed by atoms with Crippen molar-refractivity contribution < 1.29 is 4.74 Å². The molecule has 2 rings (SSSR count). The zero-order chi connectivity index (χ0) is 15.4. The summed E-state index contributed by atoms with van der Waals surface area (Å²) >= 11 is 6.09. The second kappa shape index (κ2) is 6.55. The van der Waals surface area contributed by atoms with Crippen molar-refractivity contribution in [3.05, 3.63) is 28.8 Å². The molecule has 1 aromatic heterocycles. The highest BCUT2D eigenvalue weighted by molar-refractivity contribution is 6.31. The minimum atomic E-state index is -0.0558. The predicted octanol–water partition coefficient (Wildman–Crippen LogP) is 2.65. The van der Waals surface area contributed by atoms with Gasteiger partial charge in [0.25, 0.3) is 0 Å². The Morgan fingerprint density at radius 1 is 1.19 bits per heavy atom. The summed E-state index contributed by atoms with van der Waals surface area (Å²) in [5.41, 5.74) is 4.13. The number of aromatic nitrogens is 3. The second-order valence-electron chi connectivity index (χ2n) is 4.67. The number of rotatable bonds is 5. The summed E-state index contributed by atoms with van der Waals surface area (Å²) in [5.74, 6) is 5.87. The number of ether oxygens (including phenoxy) is 1. The maximum absolute atomic E-state index is 6.09. The molecule has 0 aliphatic heterocycles. The molecule has 0 spiro atoms. The van der Waals surface area contributed by atoms with Crippen molar-refractivity contribution in [2.45, 2.75) is 26.9 Å². The fourth-order valence-corrected chi connectivity index (χ4v) is 1.72. The summed E-state index contributed by atoms with van der Waals surface area (Å²) in [7, 11) is 0. The van der Waals surface area contributed by atoms with E-state index in [0.29, 0.717) is 11.0 Å². The lowest BCUT2D eigenvalue weighted by Crippen LogP contribution is -2.15. The number of nitrogens with zero attached hydrogens (tertiary/aromatic N) is 3. The Balaban J connectivity index is 2.27. The molecule has 0 atom stereocenters. The van der Waals surface area contributed by atoms with E-state index in [2.05, 4.69) is 25.7 Å². The number of nitrogens with one attached hydrogen (secondary N) is 2. The first kappa shape index (κ1) is 15.3. The molecule has 4 N–H and O–H groups in total. The first-order chi connectivity index (χ1) is 9.97. The van der Waals surface area contributed by atoms with Crippen LogP contribution >= 0.6 is 11.6 Å². The molecule has 0 amide bonds. The van der Waals surface area contributed by atoms with Gasteiger partial charge in [0.05, 0.1) is 6.10 Å². The maximum Gasteiger partial charge on any atom is 0.323 e. The standard InChI is InChI=1S/C13H17ClN6O/c1-7(2)21-13-18-11(17-12(19-13)20-15)16-9-5-4-8(3)10(14)6-9/h4-7H,15H2,1-3H3,(H2,16,17,18,19,20). The van der Waals surface area contributed by atoms with Crippen LogP contribution in [0.4, 0.5) is 17.6 Å². The van der Waals surface area contributed by atoms with E-state index < -0.39 is 0 Å². The number of halogens is 1. The number of hydrogen-bond acceptors (Lipinski definition) is 7. The molecule has 0 fully saturated rings. The number of nitrogen functional groups attached to an aromatic ring is 1. The van der Waals surface area contributed by atoms with Gasteiger partial charge in [-0.3, -0.25) is 5.43 Å². The van der Waals surface area contributed by atoms with Gasteiger partial charge in [0.1, 0.15) is 0 Å². The lowest BCUT2D eigenvalue weighted by Gasteiger charge is -2.11. The predicted molar refractivity (Wildman–Crippen MR) is 82.9 cm³/mol. The average molecular weight is 309 g/mol. The van der Waals surface area contributed by atoms with E-state index in [1.54, 1.807) is 6.07 Å². The van der Waals surface area contributed by atoms with Crippen LogP contribution in [0.2, 0.25) is 5.02 Å². The van der Waals surface area contributed by atoms with Crippen molar-refractivity contribution in [3.8, 4) is 6.01 Å². The Kier molecular flexibility index (Phi) is 4.77. The van der Waals surface area contributed by atoms with E-state index in [0.717, 1.165) is 11.3 Å². The quantitative estimate of drug-likeness (QED) is 0.577. The fourth-order valence-electron chi connectivity index (χ4n) is 1.54. The lowest BCUT2D eigenvalue weighted by molar-refractivity contribution is 0.222. The van der Waals surface area contributed by atoms with Crippen LogP contribution < -0.4 is 21.3 Å². The van der Waals surface area contributed by atoms with Gasteiger partial charge in [0.15, 0.2) is 0 Å². The van der Waals surface area contributed by atoms with Gasteiger partial charge in [-0.25, -0.2) is 5.84 Å². The second-order valence-corrected chi connectivity index (χ2v) is 5.07. The number of nitrogens with two attached hydrogens (primary N) is 1. The van der Waals surface area contributed by atoms with Crippen molar-refractivity contribution in [1.29, 1.82) is 0 Å². The summed E-state index contributed by atoms with van der Waals surface area (Å²) in [6.07, 6.45) is -0.0558. The van der Waals surface area contributed by atoms with Gasteiger partial charge < -0.3 is 10.1 Å². The molecule has 0 radical (unpaired) electrons. The number of anilines is 3. The van der Waals surface area contributed by atoms with Crippen LogP contribution in [0.5, 0.6) is 6.01 Å². The molecular formula is C13H17ClN6O. The van der Waals surface area contributed by atoms with Crippen molar-refractivity contribution in [3.63, 3.8) is 0 Å². The first-order valence-electron chi connectivity index (χ1n) is 6.40. The van der Waals surface area contributed by atoms with Crippen molar-refractivity contribution >= 4 is 29.2 Å². The Labute approximate surface area is 127 Å².